The van der Waals surface area contributed by atoms with Crippen molar-refractivity contribution in [3.63, 3.8) is 0 Å². The molecular formula is C13H13NO4. The second kappa shape index (κ2) is 4.83. The Kier molecular flexibility index (Phi) is 3.23. The van der Waals surface area contributed by atoms with Crippen LogP contribution in [0.1, 0.15) is 21.9 Å². The molecule has 0 saturated carbocycles. The molecule has 0 unspecified atom stereocenters. The van der Waals surface area contributed by atoms with Gasteiger partial charge in [0.1, 0.15) is 18.1 Å². The monoisotopic (exact) mass is 247 g/mol. The van der Waals surface area contributed by atoms with Crippen molar-refractivity contribution in [2.45, 2.75) is 13.5 Å². The summed E-state index contributed by atoms with van der Waals surface area (Å²) in [6.45, 7) is 2.06. The van der Waals surface area contributed by atoms with Crippen LogP contribution in [0, 0.1) is 6.92 Å². The lowest BCUT2D eigenvalue weighted by Gasteiger charge is -2.06. The van der Waals surface area contributed by atoms with Gasteiger partial charge in [0.2, 0.25) is 5.76 Å². The molecule has 0 radical (unpaired) electrons. The number of aromatic carboxylic acids is 1. The van der Waals surface area contributed by atoms with E-state index in [1.807, 2.05) is 13.0 Å². The Morgan fingerprint density at radius 2 is 2.17 bits per heavy atom. The molecule has 0 aliphatic rings. The largest absolute Gasteiger partial charge is 0.486 e. The number of nitrogen functional groups attached to an aromatic ring is 1. The molecule has 1 heterocycles. The standard InChI is InChI=1S/C13H13NO4/c1-8-6-9(2-4-11(8)14)17-7-10-3-5-12(18-10)13(15)16/h2-6H,7,14H2,1H3,(H,15,16). The molecule has 2 aromatic rings. The zero-order chi connectivity index (χ0) is 13.1. The maximum absolute atomic E-state index is 10.6. The van der Waals surface area contributed by atoms with E-state index in [4.69, 9.17) is 20.0 Å². The summed E-state index contributed by atoms with van der Waals surface area (Å²) >= 11 is 0. The van der Waals surface area contributed by atoms with E-state index in [0.717, 1.165) is 5.56 Å². The highest BCUT2D eigenvalue weighted by atomic mass is 16.5. The van der Waals surface area contributed by atoms with Crippen LogP contribution < -0.4 is 10.5 Å². The summed E-state index contributed by atoms with van der Waals surface area (Å²) in [5.74, 6) is -0.0662. The number of hydrogen-bond donors (Lipinski definition) is 2. The Labute approximate surface area is 104 Å². The van der Waals surface area contributed by atoms with E-state index in [-0.39, 0.29) is 12.4 Å². The summed E-state index contributed by atoms with van der Waals surface area (Å²) in [6, 6.07) is 8.30. The van der Waals surface area contributed by atoms with Crippen LogP contribution in [0.25, 0.3) is 0 Å². The first kappa shape index (κ1) is 12.0. The average Bonchev–Trinajstić information content (AvgIpc) is 2.79. The van der Waals surface area contributed by atoms with Gasteiger partial charge in [-0.2, -0.15) is 0 Å². The number of carbonyl (C=O) groups is 1. The van der Waals surface area contributed by atoms with Gasteiger partial charge in [-0.15, -0.1) is 0 Å². The lowest BCUT2D eigenvalue weighted by atomic mass is 10.2. The van der Waals surface area contributed by atoms with Crippen molar-refractivity contribution in [2.24, 2.45) is 0 Å². The quantitative estimate of drug-likeness (QED) is 0.810. The predicted molar refractivity (Wildman–Crippen MR) is 65.6 cm³/mol. The molecule has 0 atom stereocenters. The fourth-order valence-corrected chi connectivity index (χ4v) is 1.46. The van der Waals surface area contributed by atoms with E-state index < -0.39 is 5.97 Å². The number of ether oxygens (including phenoxy) is 1. The van der Waals surface area contributed by atoms with Crippen molar-refractivity contribution in [3.05, 3.63) is 47.4 Å². The maximum Gasteiger partial charge on any atom is 0.371 e. The van der Waals surface area contributed by atoms with Crippen molar-refractivity contribution in [3.8, 4) is 5.75 Å². The summed E-state index contributed by atoms with van der Waals surface area (Å²) in [7, 11) is 0. The lowest BCUT2D eigenvalue weighted by Crippen LogP contribution is -1.96. The minimum Gasteiger partial charge on any atom is -0.486 e. The Balaban J connectivity index is 2.02. The van der Waals surface area contributed by atoms with Gasteiger partial charge in [-0.1, -0.05) is 0 Å². The summed E-state index contributed by atoms with van der Waals surface area (Å²) in [5.41, 5.74) is 7.32. The van der Waals surface area contributed by atoms with Crippen molar-refractivity contribution in [2.75, 3.05) is 5.73 Å². The van der Waals surface area contributed by atoms with Crippen LogP contribution in [0.5, 0.6) is 5.75 Å². The third-order valence-corrected chi connectivity index (χ3v) is 2.49. The van der Waals surface area contributed by atoms with Crippen LogP contribution in [0.4, 0.5) is 5.69 Å². The van der Waals surface area contributed by atoms with Crippen molar-refractivity contribution in [1.82, 2.24) is 0 Å². The molecule has 94 valence electrons. The van der Waals surface area contributed by atoms with E-state index in [9.17, 15) is 4.79 Å². The van der Waals surface area contributed by atoms with E-state index >= 15 is 0 Å². The smallest absolute Gasteiger partial charge is 0.371 e. The van der Waals surface area contributed by atoms with Gasteiger partial charge in [0.25, 0.3) is 0 Å². The first-order valence-corrected chi connectivity index (χ1v) is 5.37. The molecule has 5 heteroatoms. The zero-order valence-corrected chi connectivity index (χ0v) is 9.84. The van der Waals surface area contributed by atoms with Gasteiger partial charge >= 0.3 is 5.97 Å². The van der Waals surface area contributed by atoms with Gasteiger partial charge in [0.05, 0.1) is 0 Å². The molecule has 3 N–H and O–H groups in total. The number of benzene rings is 1. The number of furan rings is 1. The maximum atomic E-state index is 10.6. The second-order valence-corrected chi connectivity index (χ2v) is 3.88. The molecule has 18 heavy (non-hydrogen) atoms. The fraction of sp³-hybridized carbons (Fsp3) is 0.154. The molecular weight excluding hydrogens is 234 g/mol. The number of nitrogens with two attached hydrogens (primary N) is 1. The first-order chi connectivity index (χ1) is 8.56. The molecule has 0 amide bonds. The van der Waals surface area contributed by atoms with Gasteiger partial charge in [0.15, 0.2) is 0 Å². The Morgan fingerprint density at radius 1 is 1.39 bits per heavy atom. The molecule has 2 rings (SSSR count). The number of hydrogen-bond acceptors (Lipinski definition) is 4. The van der Waals surface area contributed by atoms with E-state index in [2.05, 4.69) is 0 Å². The average molecular weight is 247 g/mol. The number of aryl methyl sites for hydroxylation is 1. The van der Waals surface area contributed by atoms with Crippen LogP contribution in [-0.4, -0.2) is 11.1 Å². The topological polar surface area (TPSA) is 85.7 Å². The Hall–Kier alpha value is -2.43. The molecule has 0 aliphatic carbocycles. The number of rotatable bonds is 4. The van der Waals surface area contributed by atoms with Crippen LogP contribution in [-0.2, 0) is 6.61 Å². The zero-order valence-electron chi connectivity index (χ0n) is 9.84. The van der Waals surface area contributed by atoms with Crippen LogP contribution in [0.15, 0.2) is 34.7 Å². The summed E-state index contributed by atoms with van der Waals surface area (Å²) in [6.07, 6.45) is 0. The lowest BCUT2D eigenvalue weighted by molar-refractivity contribution is 0.0658. The van der Waals surface area contributed by atoms with Gasteiger partial charge in [0, 0.05) is 5.69 Å². The fourth-order valence-electron chi connectivity index (χ4n) is 1.46. The normalized spacial score (nSPS) is 10.3. The van der Waals surface area contributed by atoms with Crippen molar-refractivity contribution < 1.29 is 19.1 Å². The minimum atomic E-state index is -1.09. The highest BCUT2D eigenvalue weighted by Crippen LogP contribution is 2.20. The first-order valence-electron chi connectivity index (χ1n) is 5.37. The Morgan fingerprint density at radius 3 is 2.78 bits per heavy atom. The Bertz CT molecular complexity index is 574. The third-order valence-electron chi connectivity index (χ3n) is 2.49. The van der Waals surface area contributed by atoms with Crippen LogP contribution in [0.2, 0.25) is 0 Å². The highest BCUT2D eigenvalue weighted by Gasteiger charge is 2.09. The van der Waals surface area contributed by atoms with Gasteiger partial charge in [-0.05, 0) is 42.8 Å². The van der Waals surface area contributed by atoms with Crippen molar-refractivity contribution >= 4 is 11.7 Å². The number of carboxylic acid groups (broad SMARTS) is 1. The van der Waals surface area contributed by atoms with E-state index in [1.165, 1.54) is 6.07 Å². The van der Waals surface area contributed by atoms with Gasteiger partial charge in [-0.25, -0.2) is 4.79 Å². The molecule has 0 fully saturated rings. The molecule has 1 aromatic heterocycles. The van der Waals surface area contributed by atoms with E-state index in [1.54, 1.807) is 18.2 Å². The SMILES string of the molecule is Cc1cc(OCc2ccc(C(=O)O)o2)ccc1N. The molecule has 0 spiro atoms. The molecule has 0 saturated heterocycles. The molecule has 5 nitrogen and oxygen atoms in total. The highest BCUT2D eigenvalue weighted by molar-refractivity contribution is 5.84. The minimum absolute atomic E-state index is 0.0953. The summed E-state index contributed by atoms with van der Waals surface area (Å²) < 4.78 is 10.6. The van der Waals surface area contributed by atoms with Crippen molar-refractivity contribution in [1.29, 1.82) is 0 Å². The van der Waals surface area contributed by atoms with Crippen LogP contribution in [0.3, 0.4) is 0 Å². The number of carboxylic acids is 1. The predicted octanol–water partition coefficient (Wildman–Crippen LogP) is 2.45. The summed E-state index contributed by atoms with van der Waals surface area (Å²) in [4.78, 5) is 10.6. The van der Waals surface area contributed by atoms with Gasteiger partial charge in [-0.3, -0.25) is 0 Å². The number of anilines is 1. The van der Waals surface area contributed by atoms with Crippen LogP contribution >= 0.6 is 0 Å². The van der Waals surface area contributed by atoms with E-state index in [0.29, 0.717) is 17.2 Å². The van der Waals surface area contributed by atoms with Gasteiger partial charge < -0.3 is 20.0 Å². The molecule has 0 bridgehead atoms. The molecule has 1 aromatic carbocycles. The molecule has 0 aliphatic heterocycles. The third kappa shape index (κ3) is 2.63. The summed E-state index contributed by atoms with van der Waals surface area (Å²) in [5, 5.41) is 8.70. The second-order valence-electron chi connectivity index (χ2n) is 3.88.